The lowest BCUT2D eigenvalue weighted by atomic mass is 9.96. The molecule has 2 unspecified atom stereocenters. The van der Waals surface area contributed by atoms with Crippen molar-refractivity contribution in [1.29, 1.82) is 5.26 Å². The van der Waals surface area contributed by atoms with E-state index in [9.17, 15) is 14.4 Å². The molecule has 5 rings (SSSR count). The minimum absolute atomic E-state index is 0.0173. The average Bonchev–Trinajstić information content (AvgIpc) is 2.89. The Morgan fingerprint density at radius 3 is 2.56 bits per heavy atom. The lowest BCUT2D eigenvalue weighted by molar-refractivity contribution is 0.127. The van der Waals surface area contributed by atoms with Gasteiger partial charge in [0.15, 0.2) is 0 Å². The highest BCUT2D eigenvalue weighted by molar-refractivity contribution is 5.89. The summed E-state index contributed by atoms with van der Waals surface area (Å²) >= 11 is 0. The van der Waals surface area contributed by atoms with Gasteiger partial charge in [0.05, 0.1) is 29.1 Å². The van der Waals surface area contributed by atoms with E-state index in [-0.39, 0.29) is 29.5 Å². The van der Waals surface area contributed by atoms with Crippen molar-refractivity contribution in [3.05, 3.63) is 94.2 Å². The molecule has 0 aliphatic carbocycles. The van der Waals surface area contributed by atoms with E-state index in [1.165, 1.54) is 12.1 Å². The van der Waals surface area contributed by atoms with Crippen LogP contribution in [-0.4, -0.2) is 49.6 Å². The van der Waals surface area contributed by atoms with E-state index in [0.717, 1.165) is 16.9 Å². The zero-order valence-electron chi connectivity index (χ0n) is 20.3. The van der Waals surface area contributed by atoms with Crippen LogP contribution in [-0.2, 0) is 7.05 Å². The van der Waals surface area contributed by atoms with Gasteiger partial charge in [0.1, 0.15) is 23.1 Å². The summed E-state index contributed by atoms with van der Waals surface area (Å²) in [6.45, 7) is 5.52. The molecule has 8 nitrogen and oxygen atoms in total. The van der Waals surface area contributed by atoms with Crippen LogP contribution in [0.3, 0.4) is 0 Å². The number of fused-ring (bicyclic) bond motifs is 1. The molecule has 1 aliphatic heterocycles. The first-order chi connectivity index (χ1) is 17.4. The zero-order valence-corrected chi connectivity index (χ0v) is 20.3. The molecule has 0 spiro atoms. The summed E-state index contributed by atoms with van der Waals surface area (Å²) in [5.74, 6) is -0.287. The van der Waals surface area contributed by atoms with Gasteiger partial charge in [-0.25, -0.2) is 9.37 Å². The summed E-state index contributed by atoms with van der Waals surface area (Å²) in [6, 6.07) is 13.5. The van der Waals surface area contributed by atoms with Crippen molar-refractivity contribution in [2.45, 2.75) is 32.0 Å². The number of benzene rings is 1. The van der Waals surface area contributed by atoms with Crippen molar-refractivity contribution < 1.29 is 4.39 Å². The molecule has 1 aromatic carbocycles. The van der Waals surface area contributed by atoms with Crippen LogP contribution in [0.5, 0.6) is 0 Å². The van der Waals surface area contributed by atoms with Crippen LogP contribution in [0.4, 0.5) is 10.1 Å². The van der Waals surface area contributed by atoms with Gasteiger partial charge in [-0.1, -0.05) is 12.1 Å². The molecule has 3 aromatic heterocycles. The molecule has 0 radical (unpaired) electrons. The predicted octanol–water partition coefficient (Wildman–Crippen LogP) is 3.42. The van der Waals surface area contributed by atoms with Gasteiger partial charge in [0, 0.05) is 50.7 Å². The highest BCUT2D eigenvalue weighted by atomic mass is 19.1. The number of hydrogen-bond donors (Lipinski definition) is 0. The molecule has 0 N–H and O–H groups in total. The molecule has 0 bridgehead atoms. The Morgan fingerprint density at radius 1 is 1.08 bits per heavy atom. The number of hydrogen-bond acceptors (Lipinski definition) is 7. The molecular weight excluding hydrogens is 457 g/mol. The summed E-state index contributed by atoms with van der Waals surface area (Å²) < 4.78 is 15.3. The van der Waals surface area contributed by atoms with E-state index >= 15 is 0 Å². The fraction of sp³-hybridized carbons (Fsp3) is 0.296. The Kier molecular flexibility index (Phi) is 6.20. The molecule has 1 saturated heterocycles. The van der Waals surface area contributed by atoms with E-state index in [1.807, 2.05) is 0 Å². The van der Waals surface area contributed by atoms with Crippen LogP contribution < -0.4 is 10.5 Å². The van der Waals surface area contributed by atoms with E-state index in [1.54, 1.807) is 60.5 Å². The predicted molar refractivity (Wildman–Crippen MR) is 135 cm³/mol. The third-order valence-electron chi connectivity index (χ3n) is 6.91. The molecule has 4 aromatic rings. The number of piperazine rings is 1. The van der Waals surface area contributed by atoms with Crippen molar-refractivity contribution in [3.63, 3.8) is 0 Å². The normalized spacial score (nSPS) is 19.2. The second-order valence-corrected chi connectivity index (χ2v) is 9.23. The molecule has 1 fully saturated rings. The first-order valence-electron chi connectivity index (χ1n) is 11.8. The Balaban J connectivity index is 1.55. The van der Waals surface area contributed by atoms with Crippen molar-refractivity contribution in [1.82, 2.24) is 24.4 Å². The molecule has 0 saturated carbocycles. The van der Waals surface area contributed by atoms with Crippen molar-refractivity contribution in [2.75, 3.05) is 18.0 Å². The minimum atomic E-state index is -0.287. The van der Waals surface area contributed by atoms with Crippen LogP contribution in [0, 0.1) is 17.1 Å². The van der Waals surface area contributed by atoms with Gasteiger partial charge in [-0.05, 0) is 43.7 Å². The highest BCUT2D eigenvalue weighted by Crippen LogP contribution is 2.35. The van der Waals surface area contributed by atoms with E-state index in [0.29, 0.717) is 29.8 Å². The summed E-state index contributed by atoms with van der Waals surface area (Å²) in [5, 5.41) is 9.41. The lowest BCUT2D eigenvalue weighted by Crippen LogP contribution is -2.57. The summed E-state index contributed by atoms with van der Waals surface area (Å²) in [7, 11) is 1.71. The second kappa shape index (κ2) is 9.47. The van der Waals surface area contributed by atoms with Gasteiger partial charge in [0.25, 0.3) is 5.56 Å². The minimum Gasteiger partial charge on any atom is -0.364 e. The SMILES string of the molecule is CC1CN(c2cc(=O)n(C)c3ccc(C#N)nc23)[C@@H](C)CN1C(c1ccc(F)cc1)c1cnccn1. The number of halogens is 1. The van der Waals surface area contributed by atoms with Gasteiger partial charge in [0.2, 0.25) is 0 Å². The molecular formula is C27H26FN7O. The highest BCUT2D eigenvalue weighted by Gasteiger charge is 2.36. The summed E-state index contributed by atoms with van der Waals surface area (Å²) in [5.41, 5.74) is 3.94. The Bertz CT molecular complexity index is 1500. The number of pyridine rings is 2. The molecule has 1 aliphatic rings. The van der Waals surface area contributed by atoms with Crippen LogP contribution in [0.25, 0.3) is 11.0 Å². The van der Waals surface area contributed by atoms with E-state index in [4.69, 9.17) is 0 Å². The second-order valence-electron chi connectivity index (χ2n) is 9.23. The smallest absolute Gasteiger partial charge is 0.252 e. The van der Waals surface area contributed by atoms with Gasteiger partial charge in [-0.2, -0.15) is 5.26 Å². The third-order valence-corrected chi connectivity index (χ3v) is 6.91. The third kappa shape index (κ3) is 4.20. The zero-order chi connectivity index (χ0) is 25.4. The molecule has 9 heteroatoms. The maximum absolute atomic E-state index is 13.7. The topological polar surface area (TPSA) is 90.9 Å². The largest absolute Gasteiger partial charge is 0.364 e. The Hall–Kier alpha value is -4.16. The van der Waals surface area contributed by atoms with Gasteiger partial charge < -0.3 is 9.47 Å². The molecule has 4 heterocycles. The summed E-state index contributed by atoms with van der Waals surface area (Å²) in [6.07, 6.45) is 5.05. The number of aromatic nitrogens is 4. The fourth-order valence-electron chi connectivity index (χ4n) is 5.07. The standard InChI is InChI=1S/C27H26FN7O/c1-17-16-35(27(22-14-30-10-11-31-22)19-4-6-20(28)7-5-19)18(2)15-34(17)24-12-25(36)33(3)23-9-8-21(13-29)32-26(23)24/h4-12,14,17-18,27H,15-16H2,1-3H3/t17-,18?,27?/m0/s1. The maximum atomic E-state index is 13.7. The van der Waals surface area contributed by atoms with Crippen molar-refractivity contribution in [3.8, 4) is 6.07 Å². The van der Waals surface area contributed by atoms with Crippen LogP contribution in [0.15, 0.2) is 65.8 Å². The lowest BCUT2D eigenvalue weighted by Gasteiger charge is -2.48. The number of nitrogens with zero attached hydrogens (tertiary/aromatic N) is 7. The average molecular weight is 484 g/mol. The number of rotatable bonds is 4. The van der Waals surface area contributed by atoms with Crippen LogP contribution in [0.1, 0.15) is 36.8 Å². The number of nitriles is 1. The van der Waals surface area contributed by atoms with Gasteiger partial charge in [-0.3, -0.25) is 19.7 Å². The Labute approximate surface area is 208 Å². The van der Waals surface area contributed by atoms with Crippen LogP contribution >= 0.6 is 0 Å². The molecule has 3 atom stereocenters. The molecule has 0 amide bonds. The fourth-order valence-corrected chi connectivity index (χ4v) is 5.07. The van der Waals surface area contributed by atoms with E-state index in [2.05, 4.69) is 44.7 Å². The monoisotopic (exact) mass is 483 g/mol. The Morgan fingerprint density at radius 2 is 1.86 bits per heavy atom. The summed E-state index contributed by atoms with van der Waals surface area (Å²) in [4.78, 5) is 30.7. The quantitative estimate of drug-likeness (QED) is 0.439. The van der Waals surface area contributed by atoms with Gasteiger partial charge >= 0.3 is 0 Å². The molecule has 182 valence electrons. The van der Waals surface area contributed by atoms with E-state index < -0.39 is 0 Å². The maximum Gasteiger partial charge on any atom is 0.252 e. The van der Waals surface area contributed by atoms with Gasteiger partial charge in [-0.15, -0.1) is 0 Å². The van der Waals surface area contributed by atoms with Crippen molar-refractivity contribution in [2.24, 2.45) is 7.05 Å². The number of aryl methyl sites for hydroxylation is 1. The first-order valence-corrected chi connectivity index (χ1v) is 11.8. The first kappa shape index (κ1) is 23.6. The van der Waals surface area contributed by atoms with Crippen LogP contribution in [0.2, 0.25) is 0 Å². The van der Waals surface area contributed by atoms with Crippen molar-refractivity contribution >= 4 is 16.7 Å². The number of anilines is 1. The molecule has 36 heavy (non-hydrogen) atoms.